The number of anilines is 1. The Kier molecular flexibility index (Phi) is 5.38. The maximum absolute atomic E-state index is 14.8. The summed E-state index contributed by atoms with van der Waals surface area (Å²) in [5.74, 6) is -0.0393. The lowest BCUT2D eigenvalue weighted by Gasteiger charge is -2.32. The minimum atomic E-state index is -0.566. The Morgan fingerprint density at radius 1 is 1.03 bits per heavy atom. The third-order valence-corrected chi connectivity index (χ3v) is 6.39. The number of nitrogens with two attached hydrogens (primary N) is 1. The van der Waals surface area contributed by atoms with E-state index in [-0.39, 0.29) is 17.0 Å². The first-order valence-corrected chi connectivity index (χ1v) is 10.9. The van der Waals surface area contributed by atoms with Crippen LogP contribution in [0.2, 0.25) is 0 Å². The van der Waals surface area contributed by atoms with E-state index in [2.05, 4.69) is 28.2 Å². The summed E-state index contributed by atoms with van der Waals surface area (Å²) < 4.78 is 14.8. The van der Waals surface area contributed by atoms with Crippen molar-refractivity contribution in [1.29, 1.82) is 0 Å². The van der Waals surface area contributed by atoms with Gasteiger partial charge in [-0.3, -0.25) is 9.59 Å². The first-order chi connectivity index (χ1) is 16.0. The molecule has 1 aliphatic heterocycles. The molecule has 1 amide bonds. The van der Waals surface area contributed by atoms with Crippen molar-refractivity contribution in [2.75, 3.05) is 18.8 Å². The number of fused-ring (bicyclic) bond motifs is 1. The van der Waals surface area contributed by atoms with Crippen LogP contribution in [0.5, 0.6) is 0 Å². The van der Waals surface area contributed by atoms with Gasteiger partial charge in [-0.15, -0.1) is 0 Å². The third kappa shape index (κ3) is 4.09. The first kappa shape index (κ1) is 20.9. The molecule has 0 unspecified atom stereocenters. The monoisotopic (exact) mass is 442 g/mol. The summed E-state index contributed by atoms with van der Waals surface area (Å²) >= 11 is 0. The Labute approximate surface area is 189 Å². The van der Waals surface area contributed by atoms with Crippen LogP contribution in [0.4, 0.5) is 10.2 Å². The first-order valence-electron chi connectivity index (χ1n) is 10.9. The number of aromatic amines is 1. The molecule has 1 fully saturated rings. The molecule has 6 nitrogen and oxygen atoms in total. The summed E-state index contributed by atoms with van der Waals surface area (Å²) in [5.41, 5.74) is 8.34. The highest BCUT2D eigenvalue weighted by molar-refractivity contribution is 5.95. The molecular weight excluding hydrogens is 419 g/mol. The number of hydrogen-bond acceptors (Lipinski definition) is 4. The third-order valence-electron chi connectivity index (χ3n) is 6.39. The van der Waals surface area contributed by atoms with Gasteiger partial charge in [0.25, 0.3) is 5.91 Å². The highest BCUT2D eigenvalue weighted by Gasteiger charge is 2.26. The van der Waals surface area contributed by atoms with E-state index in [9.17, 15) is 14.0 Å². The van der Waals surface area contributed by atoms with Crippen LogP contribution >= 0.6 is 0 Å². The number of hydrogen-bond donors (Lipinski definition) is 2. The summed E-state index contributed by atoms with van der Waals surface area (Å²) in [6.45, 7) is 1.12. The van der Waals surface area contributed by atoms with Crippen LogP contribution in [0, 0.1) is 5.82 Å². The number of carbonyl (C=O) groups excluding carboxylic acids is 1. The summed E-state index contributed by atoms with van der Waals surface area (Å²) in [4.78, 5) is 32.7. The summed E-state index contributed by atoms with van der Waals surface area (Å²) in [5, 5.41) is 2.00. The van der Waals surface area contributed by atoms with Crippen LogP contribution in [0.15, 0.2) is 71.8 Å². The molecule has 7 heteroatoms. The van der Waals surface area contributed by atoms with Crippen LogP contribution < -0.4 is 11.3 Å². The second-order valence-electron chi connectivity index (χ2n) is 8.38. The van der Waals surface area contributed by atoms with E-state index in [0.29, 0.717) is 36.0 Å². The van der Waals surface area contributed by atoms with E-state index >= 15 is 0 Å². The number of carbonyl (C=O) groups is 1. The summed E-state index contributed by atoms with van der Waals surface area (Å²) in [7, 11) is 0. The minimum Gasteiger partial charge on any atom is -0.383 e. The van der Waals surface area contributed by atoms with Crippen molar-refractivity contribution < 1.29 is 9.18 Å². The molecule has 0 saturated carbocycles. The van der Waals surface area contributed by atoms with Gasteiger partial charge in [0.15, 0.2) is 0 Å². The van der Waals surface area contributed by atoms with Gasteiger partial charge in [0.1, 0.15) is 11.6 Å². The number of aromatic nitrogens is 2. The Balaban J connectivity index is 1.29. The van der Waals surface area contributed by atoms with Crippen LogP contribution in [0.1, 0.15) is 34.7 Å². The number of nitrogens with zero attached hydrogens (tertiary/aromatic N) is 2. The van der Waals surface area contributed by atoms with Crippen LogP contribution in [-0.4, -0.2) is 33.9 Å². The largest absolute Gasteiger partial charge is 0.383 e. The second-order valence-corrected chi connectivity index (χ2v) is 8.38. The zero-order valence-electron chi connectivity index (χ0n) is 17.9. The van der Waals surface area contributed by atoms with Crippen molar-refractivity contribution in [1.82, 2.24) is 14.9 Å². The molecule has 5 rings (SSSR count). The van der Waals surface area contributed by atoms with Gasteiger partial charge in [-0.25, -0.2) is 9.37 Å². The van der Waals surface area contributed by atoms with Gasteiger partial charge in [0.2, 0.25) is 5.56 Å². The molecule has 2 aromatic heterocycles. The number of nitrogens with one attached hydrogen (secondary N) is 1. The molecule has 166 valence electrons. The molecule has 1 aliphatic rings. The number of piperidine rings is 1. The van der Waals surface area contributed by atoms with E-state index < -0.39 is 5.82 Å². The fourth-order valence-corrected chi connectivity index (χ4v) is 4.51. The number of rotatable bonds is 3. The molecule has 3 heterocycles. The minimum absolute atomic E-state index is 0.0613. The number of halogens is 1. The maximum Gasteiger partial charge on any atom is 0.256 e. The number of likely N-dealkylation sites (tertiary alicyclic amines) is 1. The Hall–Kier alpha value is -4.00. The van der Waals surface area contributed by atoms with E-state index in [1.54, 1.807) is 23.2 Å². The van der Waals surface area contributed by atoms with Crippen molar-refractivity contribution >= 4 is 22.5 Å². The zero-order chi connectivity index (χ0) is 22.9. The smallest absolute Gasteiger partial charge is 0.256 e. The number of benzene rings is 2. The predicted octanol–water partition coefficient (Wildman–Crippen LogP) is 4.33. The maximum atomic E-state index is 14.8. The van der Waals surface area contributed by atoms with Gasteiger partial charge in [-0.05, 0) is 71.2 Å². The van der Waals surface area contributed by atoms with Gasteiger partial charge in [0, 0.05) is 36.9 Å². The number of amides is 1. The SMILES string of the molecule is Nc1nccc2ccc(C3CCN(C(=O)c4ccc(-c5ccc(=O)[nH]c5)cc4F)CC3)cc12. The molecule has 0 bridgehead atoms. The van der Waals surface area contributed by atoms with Crippen LogP contribution in [0.25, 0.3) is 21.9 Å². The predicted molar refractivity (Wildman–Crippen MR) is 126 cm³/mol. The fraction of sp³-hybridized carbons (Fsp3) is 0.192. The van der Waals surface area contributed by atoms with Gasteiger partial charge in [-0.1, -0.05) is 18.2 Å². The lowest BCUT2D eigenvalue weighted by Crippen LogP contribution is -2.38. The molecule has 1 saturated heterocycles. The zero-order valence-corrected chi connectivity index (χ0v) is 17.9. The van der Waals surface area contributed by atoms with E-state index in [1.807, 2.05) is 6.07 Å². The lowest BCUT2D eigenvalue weighted by molar-refractivity contribution is 0.0708. The number of nitrogen functional groups attached to an aromatic ring is 1. The standard InChI is InChI=1S/C26H23FN4O2/c27-23-14-19(20-4-6-24(32)30-15-20)3-5-21(23)26(33)31-11-8-16(9-12-31)18-2-1-17-7-10-29-25(28)22(17)13-18/h1-7,10,13-16H,8-9,11-12H2,(H2,28,29)(H,30,32). The Morgan fingerprint density at radius 3 is 2.55 bits per heavy atom. The second kappa shape index (κ2) is 8.50. The molecule has 3 N–H and O–H groups in total. The molecule has 0 atom stereocenters. The highest BCUT2D eigenvalue weighted by atomic mass is 19.1. The van der Waals surface area contributed by atoms with E-state index in [4.69, 9.17) is 5.73 Å². The van der Waals surface area contributed by atoms with Crippen LogP contribution in [0.3, 0.4) is 0 Å². The Bertz CT molecular complexity index is 1390. The molecule has 2 aromatic carbocycles. The average molecular weight is 442 g/mol. The lowest BCUT2D eigenvalue weighted by atomic mass is 9.88. The summed E-state index contributed by atoms with van der Waals surface area (Å²) in [6.07, 6.45) is 4.83. The van der Waals surface area contributed by atoms with Crippen molar-refractivity contribution in [3.05, 3.63) is 94.3 Å². The molecule has 33 heavy (non-hydrogen) atoms. The van der Waals surface area contributed by atoms with Crippen molar-refractivity contribution in [2.45, 2.75) is 18.8 Å². The van der Waals surface area contributed by atoms with E-state index in [1.165, 1.54) is 30.0 Å². The number of pyridine rings is 2. The molecule has 0 aliphatic carbocycles. The number of H-pyrrole nitrogens is 1. The topological polar surface area (TPSA) is 92.1 Å². The van der Waals surface area contributed by atoms with E-state index in [0.717, 1.165) is 23.6 Å². The van der Waals surface area contributed by atoms with Gasteiger partial charge >= 0.3 is 0 Å². The fourth-order valence-electron chi connectivity index (χ4n) is 4.51. The average Bonchev–Trinajstić information content (AvgIpc) is 2.84. The molecule has 4 aromatic rings. The van der Waals surface area contributed by atoms with Crippen LogP contribution in [-0.2, 0) is 0 Å². The highest BCUT2D eigenvalue weighted by Crippen LogP contribution is 2.32. The molecule has 0 spiro atoms. The van der Waals surface area contributed by atoms with Gasteiger partial charge < -0.3 is 15.6 Å². The quantitative estimate of drug-likeness (QED) is 0.494. The Morgan fingerprint density at radius 2 is 1.82 bits per heavy atom. The summed E-state index contributed by atoms with van der Waals surface area (Å²) in [6, 6.07) is 15.8. The van der Waals surface area contributed by atoms with Crippen molar-refractivity contribution in [2.24, 2.45) is 0 Å². The van der Waals surface area contributed by atoms with Gasteiger partial charge in [0.05, 0.1) is 5.56 Å². The molecule has 0 radical (unpaired) electrons. The normalized spacial score (nSPS) is 14.5. The molecular formula is C26H23FN4O2. The van der Waals surface area contributed by atoms with Crippen molar-refractivity contribution in [3.8, 4) is 11.1 Å². The van der Waals surface area contributed by atoms with Crippen molar-refractivity contribution in [3.63, 3.8) is 0 Å². The van der Waals surface area contributed by atoms with Gasteiger partial charge in [-0.2, -0.15) is 0 Å².